The molecule has 0 fully saturated rings. The van der Waals surface area contributed by atoms with E-state index in [-0.39, 0.29) is 11.4 Å². The standard InChI is InChI=1S/C29H23F3N8O2/c1-42-20-9-4-16(5-10-20)18-6-11-22-23(12-18)39-28(38-22)37-19-7-2-17(3-8-19)24-21(27(41)34-14-29(30,31)32)13-40-25(24)26(33)35-15-36-40/h2-13,15H,14H2,1H3,(H,34,41)(H2,33,35,36)(H2,37,38,39). The summed E-state index contributed by atoms with van der Waals surface area (Å²) in [6.07, 6.45) is -2.03. The number of methoxy groups -OCH3 is 1. The lowest BCUT2D eigenvalue weighted by Gasteiger charge is -2.10. The molecule has 13 heteroatoms. The van der Waals surface area contributed by atoms with E-state index in [4.69, 9.17) is 10.5 Å². The summed E-state index contributed by atoms with van der Waals surface area (Å²) >= 11 is 0. The van der Waals surface area contributed by atoms with Crippen LogP contribution in [0.3, 0.4) is 0 Å². The van der Waals surface area contributed by atoms with E-state index in [0.717, 1.165) is 27.9 Å². The van der Waals surface area contributed by atoms with Crippen LogP contribution in [0.15, 0.2) is 79.3 Å². The fourth-order valence-electron chi connectivity index (χ4n) is 4.66. The first kappa shape index (κ1) is 26.6. The summed E-state index contributed by atoms with van der Waals surface area (Å²) in [4.78, 5) is 24.6. The average molecular weight is 573 g/mol. The largest absolute Gasteiger partial charge is 0.497 e. The van der Waals surface area contributed by atoms with Crippen molar-refractivity contribution in [2.45, 2.75) is 6.18 Å². The Morgan fingerprint density at radius 3 is 2.45 bits per heavy atom. The van der Waals surface area contributed by atoms with Gasteiger partial charge in [0.25, 0.3) is 5.91 Å². The summed E-state index contributed by atoms with van der Waals surface area (Å²) in [6.45, 7) is -1.47. The van der Waals surface area contributed by atoms with Gasteiger partial charge in [0.1, 0.15) is 24.1 Å². The van der Waals surface area contributed by atoms with Crippen LogP contribution >= 0.6 is 0 Å². The number of carbonyl (C=O) groups excluding carboxylic acids is 1. The van der Waals surface area contributed by atoms with Crippen LogP contribution in [0.4, 0.5) is 30.6 Å². The molecular formula is C29H23F3N8O2. The van der Waals surface area contributed by atoms with Gasteiger partial charge in [-0.1, -0.05) is 30.3 Å². The van der Waals surface area contributed by atoms with Gasteiger partial charge in [-0.3, -0.25) is 4.79 Å². The minimum absolute atomic E-state index is 0.0166. The molecule has 3 aromatic carbocycles. The number of carbonyl (C=O) groups is 1. The Kier molecular flexibility index (Phi) is 6.61. The Balaban J connectivity index is 1.27. The van der Waals surface area contributed by atoms with Crippen LogP contribution in [0.1, 0.15) is 10.4 Å². The minimum atomic E-state index is -4.56. The SMILES string of the molecule is COc1ccc(-c2ccc3nc(Nc4ccc(-c5c(C(=O)NCC(F)(F)F)cn6ncnc(N)c56)cc4)[nH]c3c2)cc1. The third-order valence-corrected chi connectivity index (χ3v) is 6.64. The van der Waals surface area contributed by atoms with Gasteiger partial charge >= 0.3 is 6.18 Å². The van der Waals surface area contributed by atoms with Gasteiger partial charge in [-0.25, -0.2) is 14.5 Å². The van der Waals surface area contributed by atoms with Gasteiger partial charge < -0.3 is 26.1 Å². The van der Waals surface area contributed by atoms with Gasteiger partial charge in [-0.05, 0) is 53.1 Å². The molecule has 6 aromatic rings. The van der Waals surface area contributed by atoms with Crippen LogP contribution in [0.2, 0.25) is 0 Å². The second-order valence-electron chi connectivity index (χ2n) is 9.40. The summed E-state index contributed by atoms with van der Waals surface area (Å²) in [5, 5.41) is 9.19. The quantitative estimate of drug-likeness (QED) is 0.197. The molecule has 10 nitrogen and oxygen atoms in total. The number of halogens is 3. The number of fused-ring (bicyclic) bond motifs is 2. The molecule has 212 valence electrons. The van der Waals surface area contributed by atoms with E-state index >= 15 is 0 Å². The van der Waals surface area contributed by atoms with Crippen LogP contribution < -0.4 is 21.1 Å². The van der Waals surface area contributed by atoms with E-state index < -0.39 is 18.6 Å². The molecule has 5 N–H and O–H groups in total. The van der Waals surface area contributed by atoms with E-state index in [1.165, 1.54) is 17.0 Å². The number of nitrogen functional groups attached to an aromatic ring is 1. The summed E-state index contributed by atoms with van der Waals surface area (Å²) in [7, 11) is 1.62. The maximum absolute atomic E-state index is 12.8. The number of H-pyrrole nitrogens is 1. The van der Waals surface area contributed by atoms with Crippen LogP contribution in [-0.4, -0.2) is 50.3 Å². The van der Waals surface area contributed by atoms with Crippen molar-refractivity contribution in [3.8, 4) is 28.0 Å². The van der Waals surface area contributed by atoms with E-state index in [1.54, 1.807) is 31.4 Å². The summed E-state index contributed by atoms with van der Waals surface area (Å²) in [6, 6.07) is 20.6. The number of nitrogens with two attached hydrogens (primary N) is 1. The van der Waals surface area contributed by atoms with Crippen molar-refractivity contribution < 1.29 is 22.7 Å². The zero-order valence-electron chi connectivity index (χ0n) is 22.0. The molecule has 0 atom stereocenters. The predicted molar refractivity (Wildman–Crippen MR) is 153 cm³/mol. The molecule has 6 rings (SSSR count). The first-order chi connectivity index (χ1) is 20.2. The first-order valence-corrected chi connectivity index (χ1v) is 12.7. The lowest BCUT2D eigenvalue weighted by molar-refractivity contribution is -0.123. The van der Waals surface area contributed by atoms with E-state index in [1.807, 2.05) is 47.8 Å². The zero-order chi connectivity index (χ0) is 29.4. The lowest BCUT2D eigenvalue weighted by Crippen LogP contribution is -2.33. The smallest absolute Gasteiger partial charge is 0.405 e. The average Bonchev–Trinajstić information content (AvgIpc) is 3.57. The highest BCUT2D eigenvalue weighted by atomic mass is 19.4. The molecule has 0 aliphatic rings. The normalized spacial score (nSPS) is 11.6. The maximum Gasteiger partial charge on any atom is 0.405 e. The van der Waals surface area contributed by atoms with Crippen molar-refractivity contribution in [2.24, 2.45) is 0 Å². The predicted octanol–water partition coefficient (Wildman–Crippen LogP) is 5.57. The molecule has 0 radical (unpaired) electrons. The first-order valence-electron chi connectivity index (χ1n) is 12.7. The molecule has 0 aliphatic carbocycles. The van der Waals surface area contributed by atoms with Crippen LogP contribution in [-0.2, 0) is 0 Å². The second-order valence-corrected chi connectivity index (χ2v) is 9.40. The topological polar surface area (TPSA) is 135 Å². The Bertz CT molecular complexity index is 1910. The highest BCUT2D eigenvalue weighted by Gasteiger charge is 2.29. The number of hydrogen-bond donors (Lipinski definition) is 4. The number of aromatic nitrogens is 5. The Morgan fingerprint density at radius 2 is 1.74 bits per heavy atom. The number of ether oxygens (including phenoxy) is 1. The van der Waals surface area contributed by atoms with Crippen molar-refractivity contribution in [3.63, 3.8) is 0 Å². The van der Waals surface area contributed by atoms with Gasteiger partial charge in [0.2, 0.25) is 5.95 Å². The van der Waals surface area contributed by atoms with Crippen molar-refractivity contribution in [2.75, 3.05) is 24.7 Å². The van der Waals surface area contributed by atoms with E-state index in [9.17, 15) is 18.0 Å². The molecule has 3 aromatic heterocycles. The highest BCUT2D eigenvalue weighted by molar-refractivity contribution is 6.07. The molecule has 42 heavy (non-hydrogen) atoms. The van der Waals surface area contributed by atoms with E-state index in [0.29, 0.717) is 28.3 Å². The van der Waals surface area contributed by atoms with Crippen LogP contribution in [0.5, 0.6) is 5.75 Å². The molecule has 0 unspecified atom stereocenters. The molecule has 0 spiro atoms. The number of hydrogen-bond acceptors (Lipinski definition) is 7. The Hall–Kier alpha value is -5.59. The minimum Gasteiger partial charge on any atom is -0.497 e. The van der Waals surface area contributed by atoms with Crippen molar-refractivity contribution in [3.05, 3.63) is 84.8 Å². The third-order valence-electron chi connectivity index (χ3n) is 6.64. The van der Waals surface area contributed by atoms with Crippen LogP contribution in [0.25, 0.3) is 38.8 Å². The van der Waals surface area contributed by atoms with Gasteiger partial charge in [0.05, 0.1) is 23.7 Å². The fraction of sp³-hybridized carbons (Fsp3) is 0.103. The number of alkyl halides is 3. The summed E-state index contributed by atoms with van der Waals surface area (Å²) in [5.41, 5.74) is 11.6. The number of nitrogens with zero attached hydrogens (tertiary/aromatic N) is 4. The van der Waals surface area contributed by atoms with Gasteiger partial charge in [0.15, 0.2) is 5.82 Å². The molecule has 0 bridgehead atoms. The monoisotopic (exact) mass is 572 g/mol. The second kappa shape index (κ2) is 10.4. The van der Waals surface area contributed by atoms with Crippen molar-refractivity contribution in [1.29, 1.82) is 0 Å². The molecular weight excluding hydrogens is 549 g/mol. The molecule has 0 saturated heterocycles. The van der Waals surface area contributed by atoms with Crippen LogP contribution in [0, 0.1) is 0 Å². The molecule has 0 aliphatic heterocycles. The molecule has 3 heterocycles. The lowest BCUT2D eigenvalue weighted by atomic mass is 10.0. The van der Waals surface area contributed by atoms with Gasteiger partial charge in [-0.15, -0.1) is 0 Å². The summed E-state index contributed by atoms with van der Waals surface area (Å²) < 4.78 is 44.8. The molecule has 0 saturated carbocycles. The number of aromatic amines is 1. The fourth-order valence-corrected chi connectivity index (χ4v) is 4.66. The van der Waals surface area contributed by atoms with Gasteiger partial charge in [0, 0.05) is 17.4 Å². The number of anilines is 3. The highest BCUT2D eigenvalue weighted by Crippen LogP contribution is 2.34. The van der Waals surface area contributed by atoms with Crippen molar-refractivity contribution >= 4 is 39.9 Å². The number of imidazole rings is 1. The van der Waals surface area contributed by atoms with Gasteiger partial charge in [-0.2, -0.15) is 18.3 Å². The van der Waals surface area contributed by atoms with E-state index in [2.05, 4.69) is 25.4 Å². The Labute approximate surface area is 236 Å². The van der Waals surface area contributed by atoms with Crippen molar-refractivity contribution in [1.82, 2.24) is 29.9 Å². The number of benzene rings is 3. The third kappa shape index (κ3) is 5.27. The summed E-state index contributed by atoms with van der Waals surface area (Å²) in [5.74, 6) is 0.463. The number of amides is 1. The molecule has 1 amide bonds. The Morgan fingerprint density at radius 1 is 1.02 bits per heavy atom. The maximum atomic E-state index is 12.8. The zero-order valence-corrected chi connectivity index (χ0v) is 22.0. The number of rotatable bonds is 7. The number of nitrogens with one attached hydrogen (secondary N) is 3.